The average molecular weight is 948 g/mol. The Balaban J connectivity index is 4.30. The largest absolute Gasteiger partial charge is 0.472 e. The quantitative estimate of drug-likeness (QED) is 0.0243. The van der Waals surface area contributed by atoms with Crippen LogP contribution in [0.5, 0.6) is 0 Å². The van der Waals surface area contributed by atoms with E-state index in [-0.39, 0.29) is 19.1 Å². The first-order chi connectivity index (χ1) is 32.0. The van der Waals surface area contributed by atoms with Crippen LogP contribution in [0.15, 0.2) is 60.8 Å². The van der Waals surface area contributed by atoms with Gasteiger partial charge in [-0.15, -0.1) is 0 Å². The van der Waals surface area contributed by atoms with Gasteiger partial charge in [0, 0.05) is 6.42 Å². The zero-order valence-electron chi connectivity index (χ0n) is 43.9. The van der Waals surface area contributed by atoms with E-state index in [0.717, 1.165) is 51.4 Å². The van der Waals surface area contributed by atoms with Crippen LogP contribution in [-0.4, -0.2) is 73.4 Å². The lowest BCUT2D eigenvalue weighted by Crippen LogP contribution is -2.45. The summed E-state index contributed by atoms with van der Waals surface area (Å²) in [6.07, 6.45) is 64.5. The van der Waals surface area contributed by atoms with E-state index in [0.29, 0.717) is 17.4 Å². The predicted molar refractivity (Wildman–Crippen MR) is 286 cm³/mol. The van der Waals surface area contributed by atoms with Crippen molar-refractivity contribution in [1.29, 1.82) is 0 Å². The number of hydrogen-bond donors (Lipinski definition) is 3. The van der Waals surface area contributed by atoms with Gasteiger partial charge >= 0.3 is 7.82 Å². The summed E-state index contributed by atoms with van der Waals surface area (Å²) in [5, 5.41) is 13.9. The number of nitrogens with zero attached hydrogens (tertiary/aromatic N) is 1. The topological polar surface area (TPSA) is 105 Å². The van der Waals surface area contributed by atoms with Crippen molar-refractivity contribution < 1.29 is 32.9 Å². The van der Waals surface area contributed by atoms with Crippen molar-refractivity contribution in [3.8, 4) is 0 Å². The van der Waals surface area contributed by atoms with Crippen LogP contribution in [0.3, 0.4) is 0 Å². The zero-order chi connectivity index (χ0) is 48.5. The van der Waals surface area contributed by atoms with E-state index in [4.69, 9.17) is 9.05 Å². The fourth-order valence-electron chi connectivity index (χ4n) is 7.83. The number of carbonyl (C=O) groups is 1. The number of likely N-dealkylation sites (N-methyl/N-ethyl adjacent to an activating group) is 1. The average Bonchev–Trinajstić information content (AvgIpc) is 3.28. The number of aliphatic hydroxyl groups excluding tert-OH is 1. The van der Waals surface area contributed by atoms with Crippen molar-refractivity contribution in [2.75, 3.05) is 40.9 Å². The summed E-state index contributed by atoms with van der Waals surface area (Å²) in [5.41, 5.74) is 0. The van der Waals surface area contributed by atoms with Gasteiger partial charge in [0.15, 0.2) is 0 Å². The summed E-state index contributed by atoms with van der Waals surface area (Å²) in [6, 6.07) is -0.868. The Hall–Kier alpha value is -1.80. The summed E-state index contributed by atoms with van der Waals surface area (Å²) in [4.78, 5) is 23.3. The minimum Gasteiger partial charge on any atom is -0.387 e. The van der Waals surface area contributed by atoms with Gasteiger partial charge in [-0.25, -0.2) is 4.57 Å². The second kappa shape index (κ2) is 48.2. The molecule has 386 valence electrons. The molecule has 0 saturated heterocycles. The third kappa shape index (κ3) is 50.1. The number of hydrogen-bond acceptors (Lipinski definition) is 5. The Kier molecular flexibility index (Phi) is 46.9. The first kappa shape index (κ1) is 64.2. The smallest absolute Gasteiger partial charge is 0.387 e. The third-order valence-corrected chi connectivity index (χ3v) is 13.2. The van der Waals surface area contributed by atoms with Crippen LogP contribution in [0.1, 0.15) is 245 Å². The first-order valence-electron chi connectivity index (χ1n) is 27.7. The highest BCUT2D eigenvalue weighted by Gasteiger charge is 2.27. The van der Waals surface area contributed by atoms with Gasteiger partial charge in [0.05, 0.1) is 39.9 Å². The number of unbranched alkanes of at least 4 members (excludes halogenated alkanes) is 29. The van der Waals surface area contributed by atoms with Crippen molar-refractivity contribution in [3.05, 3.63) is 60.8 Å². The van der Waals surface area contributed by atoms with Gasteiger partial charge < -0.3 is 19.8 Å². The van der Waals surface area contributed by atoms with Gasteiger partial charge in [-0.2, -0.15) is 0 Å². The van der Waals surface area contributed by atoms with Crippen molar-refractivity contribution in [3.63, 3.8) is 0 Å². The van der Waals surface area contributed by atoms with E-state index in [2.05, 4.69) is 67.8 Å². The zero-order valence-corrected chi connectivity index (χ0v) is 44.8. The highest BCUT2D eigenvalue weighted by Crippen LogP contribution is 2.43. The number of phosphoric acid groups is 1. The predicted octanol–water partition coefficient (Wildman–Crippen LogP) is 16.5. The molecule has 0 spiro atoms. The van der Waals surface area contributed by atoms with Crippen LogP contribution in [0.2, 0.25) is 0 Å². The van der Waals surface area contributed by atoms with Gasteiger partial charge in [0.25, 0.3) is 0 Å². The molecule has 3 atom stereocenters. The van der Waals surface area contributed by atoms with E-state index in [1.165, 1.54) is 173 Å². The Bertz CT molecular complexity index is 1260. The summed E-state index contributed by atoms with van der Waals surface area (Å²) in [7, 11) is 1.55. The van der Waals surface area contributed by atoms with Crippen molar-refractivity contribution in [1.82, 2.24) is 5.32 Å². The Labute approximate surface area is 409 Å². The van der Waals surface area contributed by atoms with Gasteiger partial charge in [-0.3, -0.25) is 13.8 Å². The number of carbonyl (C=O) groups excluding carboxylic acids is 1. The van der Waals surface area contributed by atoms with E-state index >= 15 is 0 Å². The van der Waals surface area contributed by atoms with Crippen molar-refractivity contribution in [2.24, 2.45) is 0 Å². The fourth-order valence-corrected chi connectivity index (χ4v) is 8.57. The highest BCUT2D eigenvalue weighted by molar-refractivity contribution is 7.47. The van der Waals surface area contributed by atoms with E-state index in [9.17, 15) is 19.4 Å². The second-order valence-corrected chi connectivity index (χ2v) is 21.4. The monoisotopic (exact) mass is 948 g/mol. The Morgan fingerprint density at radius 2 is 0.879 bits per heavy atom. The molecular weight excluding hydrogens is 840 g/mol. The molecule has 0 aliphatic carbocycles. The molecule has 0 aromatic heterocycles. The summed E-state index contributed by atoms with van der Waals surface area (Å²) in [6.45, 7) is 4.79. The standard InChI is InChI=1S/C57H107N2O6P/c1-6-8-10-12-14-16-18-20-22-24-26-27-28-29-30-31-33-35-37-39-41-43-45-47-49-51-57(61)58-55(54-65-66(62,63)64-53-52-59(3,4)5)56(60)50-48-46-44-42-40-38-36-34-32-25-23-21-19-17-15-13-11-9-7-2/h18,20,24,26,28-29,40,42,48,50,55-56,60H,6-17,19,21-23,25,27,30-39,41,43-47,49,51-54H2,1-5H3,(H-,58,61,62,63)/p+1/b20-18-,26-24-,29-28-,42-40+,50-48+. The minimum absolute atomic E-state index is 0.0536. The number of nitrogens with one attached hydrogen (secondary N) is 1. The Morgan fingerprint density at radius 1 is 0.515 bits per heavy atom. The number of allylic oxidation sites excluding steroid dienone is 9. The normalized spacial score (nSPS) is 14.5. The molecule has 3 unspecified atom stereocenters. The maximum atomic E-state index is 13.0. The van der Waals surface area contributed by atoms with Crippen LogP contribution in [0.25, 0.3) is 0 Å². The molecule has 3 N–H and O–H groups in total. The molecule has 0 saturated carbocycles. The van der Waals surface area contributed by atoms with Crippen LogP contribution >= 0.6 is 7.82 Å². The number of quaternary nitrogens is 1. The molecule has 66 heavy (non-hydrogen) atoms. The minimum atomic E-state index is -4.36. The van der Waals surface area contributed by atoms with Gasteiger partial charge in [-0.05, 0) is 70.6 Å². The first-order valence-corrected chi connectivity index (χ1v) is 29.2. The fraction of sp³-hybridized carbons (Fsp3) is 0.807. The maximum absolute atomic E-state index is 13.0. The number of rotatable bonds is 50. The summed E-state index contributed by atoms with van der Waals surface area (Å²) < 4.78 is 23.7. The SMILES string of the molecule is CCCCCCC/C=C\C/C=C\C/C=C\CCCCCCCCCCCCC(=O)NC(COP(=O)(O)OCC[N+](C)(C)C)C(O)/C=C/CC/C=C/CCCCCCCCCCCCCCC. The van der Waals surface area contributed by atoms with Gasteiger partial charge in [0.2, 0.25) is 5.91 Å². The maximum Gasteiger partial charge on any atom is 0.472 e. The van der Waals surface area contributed by atoms with Crippen LogP contribution in [0.4, 0.5) is 0 Å². The second-order valence-electron chi connectivity index (χ2n) is 19.9. The molecule has 0 bridgehead atoms. The molecule has 0 aromatic carbocycles. The summed E-state index contributed by atoms with van der Waals surface area (Å²) >= 11 is 0. The number of phosphoric ester groups is 1. The molecule has 0 radical (unpaired) electrons. The molecule has 8 nitrogen and oxygen atoms in total. The Morgan fingerprint density at radius 3 is 1.32 bits per heavy atom. The highest BCUT2D eigenvalue weighted by atomic mass is 31.2. The summed E-state index contributed by atoms with van der Waals surface area (Å²) in [5.74, 6) is -0.191. The molecule has 0 aliphatic rings. The van der Waals surface area contributed by atoms with Crippen LogP contribution < -0.4 is 5.32 Å². The van der Waals surface area contributed by atoms with Crippen molar-refractivity contribution in [2.45, 2.75) is 257 Å². The molecule has 0 fully saturated rings. The van der Waals surface area contributed by atoms with E-state index in [1.54, 1.807) is 6.08 Å². The van der Waals surface area contributed by atoms with Crippen LogP contribution in [-0.2, 0) is 18.4 Å². The molecule has 0 heterocycles. The van der Waals surface area contributed by atoms with Crippen molar-refractivity contribution >= 4 is 13.7 Å². The number of amides is 1. The molecule has 9 heteroatoms. The number of aliphatic hydroxyl groups is 1. The molecule has 0 rings (SSSR count). The third-order valence-electron chi connectivity index (χ3n) is 12.2. The molecule has 0 aromatic rings. The lowest BCUT2D eigenvalue weighted by molar-refractivity contribution is -0.870. The lowest BCUT2D eigenvalue weighted by atomic mass is 10.0. The molecular formula is C57H108N2O6P+. The lowest BCUT2D eigenvalue weighted by Gasteiger charge is -2.25. The van der Waals surface area contributed by atoms with Crippen LogP contribution in [0, 0.1) is 0 Å². The molecule has 1 amide bonds. The van der Waals surface area contributed by atoms with Gasteiger partial charge in [-0.1, -0.05) is 229 Å². The van der Waals surface area contributed by atoms with E-state index < -0.39 is 20.0 Å². The van der Waals surface area contributed by atoms with Gasteiger partial charge in [0.1, 0.15) is 13.2 Å². The molecule has 0 aliphatic heterocycles. The van der Waals surface area contributed by atoms with E-state index in [1.807, 2.05) is 27.2 Å².